The third-order valence-electron chi connectivity index (χ3n) is 5.37. The third-order valence-corrected chi connectivity index (χ3v) is 5.37. The number of urea groups is 1. The number of hydrogen-bond acceptors (Lipinski definition) is 3. The SMILES string of the molecule is N#Cc1ccc(NC(=O)C2CCN(C(=O)NC3CCCCC3)CC2)cc1. The summed E-state index contributed by atoms with van der Waals surface area (Å²) in [5.41, 5.74) is 1.27. The van der Waals surface area contributed by atoms with Crippen LogP contribution in [0, 0.1) is 17.2 Å². The summed E-state index contributed by atoms with van der Waals surface area (Å²) in [5, 5.41) is 14.9. The Balaban J connectivity index is 1.44. The number of carbonyl (C=O) groups excluding carboxylic acids is 2. The Labute approximate surface area is 154 Å². The second-order valence-electron chi connectivity index (χ2n) is 7.22. The van der Waals surface area contributed by atoms with Crippen molar-refractivity contribution in [2.75, 3.05) is 18.4 Å². The van der Waals surface area contributed by atoms with Crippen LogP contribution >= 0.6 is 0 Å². The first-order valence-corrected chi connectivity index (χ1v) is 9.52. The second-order valence-corrected chi connectivity index (χ2v) is 7.22. The van der Waals surface area contributed by atoms with Crippen molar-refractivity contribution in [3.8, 4) is 6.07 Å². The van der Waals surface area contributed by atoms with Crippen LogP contribution in [0.25, 0.3) is 0 Å². The monoisotopic (exact) mass is 354 g/mol. The molecule has 1 heterocycles. The molecule has 2 aliphatic rings. The highest BCUT2D eigenvalue weighted by molar-refractivity contribution is 5.92. The average molecular weight is 354 g/mol. The van der Waals surface area contributed by atoms with E-state index >= 15 is 0 Å². The molecule has 1 saturated carbocycles. The number of hydrogen-bond donors (Lipinski definition) is 2. The van der Waals surface area contributed by atoms with Gasteiger partial charge in [-0.1, -0.05) is 19.3 Å². The molecule has 26 heavy (non-hydrogen) atoms. The van der Waals surface area contributed by atoms with Gasteiger partial charge in [-0.2, -0.15) is 5.26 Å². The van der Waals surface area contributed by atoms with E-state index in [0.717, 1.165) is 12.8 Å². The van der Waals surface area contributed by atoms with E-state index < -0.39 is 0 Å². The largest absolute Gasteiger partial charge is 0.335 e. The van der Waals surface area contributed by atoms with E-state index in [-0.39, 0.29) is 17.9 Å². The minimum atomic E-state index is -0.0793. The molecule has 1 saturated heterocycles. The van der Waals surface area contributed by atoms with E-state index in [1.165, 1.54) is 19.3 Å². The van der Waals surface area contributed by atoms with Gasteiger partial charge in [0, 0.05) is 30.7 Å². The van der Waals surface area contributed by atoms with Crippen molar-refractivity contribution in [1.82, 2.24) is 10.2 Å². The zero-order valence-electron chi connectivity index (χ0n) is 15.0. The minimum absolute atomic E-state index is 0.0120. The van der Waals surface area contributed by atoms with E-state index in [1.54, 1.807) is 24.3 Å². The molecule has 3 rings (SSSR count). The van der Waals surface area contributed by atoms with E-state index in [1.807, 2.05) is 4.90 Å². The van der Waals surface area contributed by atoms with Crippen LogP contribution in [0.15, 0.2) is 24.3 Å². The number of benzene rings is 1. The zero-order chi connectivity index (χ0) is 18.4. The van der Waals surface area contributed by atoms with Gasteiger partial charge in [-0.3, -0.25) is 4.79 Å². The van der Waals surface area contributed by atoms with Gasteiger partial charge in [-0.15, -0.1) is 0 Å². The number of rotatable bonds is 3. The van der Waals surface area contributed by atoms with E-state index in [2.05, 4.69) is 16.7 Å². The average Bonchev–Trinajstić information content (AvgIpc) is 2.69. The second kappa shape index (κ2) is 8.70. The maximum Gasteiger partial charge on any atom is 0.317 e. The highest BCUT2D eigenvalue weighted by atomic mass is 16.2. The van der Waals surface area contributed by atoms with Crippen LogP contribution in [-0.4, -0.2) is 36.0 Å². The fourth-order valence-corrected chi connectivity index (χ4v) is 3.73. The molecule has 6 nitrogen and oxygen atoms in total. The first-order valence-electron chi connectivity index (χ1n) is 9.52. The van der Waals surface area contributed by atoms with Crippen molar-refractivity contribution in [3.63, 3.8) is 0 Å². The summed E-state index contributed by atoms with van der Waals surface area (Å²) in [5.74, 6) is -0.0913. The smallest absolute Gasteiger partial charge is 0.317 e. The molecular weight excluding hydrogens is 328 g/mol. The highest BCUT2D eigenvalue weighted by Gasteiger charge is 2.28. The number of amides is 3. The summed E-state index contributed by atoms with van der Waals surface area (Å²) < 4.78 is 0. The number of nitrogens with zero attached hydrogens (tertiary/aromatic N) is 2. The lowest BCUT2D eigenvalue weighted by atomic mass is 9.95. The molecule has 0 aromatic heterocycles. The van der Waals surface area contributed by atoms with Gasteiger partial charge in [0.25, 0.3) is 0 Å². The van der Waals surface area contributed by atoms with Gasteiger partial charge in [-0.05, 0) is 49.9 Å². The van der Waals surface area contributed by atoms with Crippen molar-refractivity contribution in [2.24, 2.45) is 5.92 Å². The molecule has 0 radical (unpaired) electrons. The van der Waals surface area contributed by atoms with Crippen molar-refractivity contribution in [3.05, 3.63) is 29.8 Å². The Bertz CT molecular complexity index is 666. The molecule has 1 aromatic carbocycles. The molecule has 0 unspecified atom stereocenters. The lowest BCUT2D eigenvalue weighted by molar-refractivity contribution is -0.121. The van der Waals surface area contributed by atoms with Crippen molar-refractivity contribution < 1.29 is 9.59 Å². The van der Waals surface area contributed by atoms with Crippen molar-refractivity contribution in [2.45, 2.75) is 51.0 Å². The Hall–Kier alpha value is -2.55. The molecule has 1 aliphatic carbocycles. The predicted molar refractivity (Wildman–Crippen MR) is 99.5 cm³/mol. The van der Waals surface area contributed by atoms with Gasteiger partial charge >= 0.3 is 6.03 Å². The molecule has 3 amide bonds. The number of carbonyl (C=O) groups is 2. The molecule has 0 bridgehead atoms. The molecule has 2 fully saturated rings. The summed E-state index contributed by atoms with van der Waals surface area (Å²) >= 11 is 0. The molecule has 138 valence electrons. The van der Waals surface area contributed by atoms with Crippen LogP contribution in [-0.2, 0) is 4.79 Å². The fourth-order valence-electron chi connectivity index (χ4n) is 3.73. The van der Waals surface area contributed by atoms with Crippen LogP contribution < -0.4 is 10.6 Å². The van der Waals surface area contributed by atoms with Gasteiger partial charge in [0.05, 0.1) is 11.6 Å². The number of nitrogens with one attached hydrogen (secondary N) is 2. The molecule has 0 spiro atoms. The molecule has 1 aliphatic heterocycles. The Morgan fingerprint density at radius 2 is 1.65 bits per heavy atom. The van der Waals surface area contributed by atoms with Crippen LogP contribution in [0.4, 0.5) is 10.5 Å². The van der Waals surface area contributed by atoms with E-state index in [4.69, 9.17) is 5.26 Å². The highest BCUT2D eigenvalue weighted by Crippen LogP contribution is 2.21. The number of nitriles is 1. The van der Waals surface area contributed by atoms with E-state index in [0.29, 0.717) is 43.2 Å². The van der Waals surface area contributed by atoms with Gasteiger partial charge in [0.15, 0.2) is 0 Å². The van der Waals surface area contributed by atoms with Crippen LogP contribution in [0.1, 0.15) is 50.5 Å². The normalized spacial score (nSPS) is 18.8. The van der Waals surface area contributed by atoms with Gasteiger partial charge in [-0.25, -0.2) is 4.79 Å². The Morgan fingerprint density at radius 1 is 1.00 bits per heavy atom. The van der Waals surface area contributed by atoms with Gasteiger partial charge in [0.2, 0.25) is 5.91 Å². The topological polar surface area (TPSA) is 85.2 Å². The number of likely N-dealkylation sites (tertiary alicyclic amines) is 1. The maximum absolute atomic E-state index is 12.4. The summed E-state index contributed by atoms with van der Waals surface area (Å²) in [6.07, 6.45) is 7.18. The van der Waals surface area contributed by atoms with Gasteiger partial charge in [0.1, 0.15) is 0 Å². The minimum Gasteiger partial charge on any atom is -0.335 e. The standard InChI is InChI=1S/C20H26N4O2/c21-14-15-6-8-18(9-7-15)22-19(25)16-10-12-24(13-11-16)20(26)23-17-4-2-1-3-5-17/h6-9,16-17H,1-5,10-13H2,(H,22,25)(H,23,26). The van der Waals surface area contributed by atoms with Crippen molar-refractivity contribution in [1.29, 1.82) is 5.26 Å². The zero-order valence-corrected chi connectivity index (χ0v) is 15.0. The lowest BCUT2D eigenvalue weighted by Crippen LogP contribution is -2.49. The first-order chi connectivity index (χ1) is 12.7. The van der Waals surface area contributed by atoms with Gasteiger partial charge < -0.3 is 15.5 Å². The Morgan fingerprint density at radius 3 is 2.27 bits per heavy atom. The quantitative estimate of drug-likeness (QED) is 0.874. The number of piperidine rings is 1. The predicted octanol–water partition coefficient (Wildman–Crippen LogP) is 3.25. The molecule has 2 N–H and O–H groups in total. The molecule has 1 aromatic rings. The summed E-state index contributed by atoms with van der Waals surface area (Å²) in [4.78, 5) is 26.6. The fraction of sp³-hybridized carbons (Fsp3) is 0.550. The number of anilines is 1. The van der Waals surface area contributed by atoms with Crippen molar-refractivity contribution >= 4 is 17.6 Å². The molecular formula is C20H26N4O2. The molecule has 0 atom stereocenters. The maximum atomic E-state index is 12.4. The lowest BCUT2D eigenvalue weighted by Gasteiger charge is -2.33. The molecule has 6 heteroatoms. The first kappa shape index (κ1) is 18.2. The van der Waals surface area contributed by atoms with Crippen LogP contribution in [0.3, 0.4) is 0 Å². The van der Waals surface area contributed by atoms with Crippen LogP contribution in [0.5, 0.6) is 0 Å². The third kappa shape index (κ3) is 4.75. The summed E-state index contributed by atoms with van der Waals surface area (Å²) in [6, 6.07) is 9.24. The summed E-state index contributed by atoms with van der Waals surface area (Å²) in [7, 11) is 0. The van der Waals surface area contributed by atoms with E-state index in [9.17, 15) is 9.59 Å². The summed E-state index contributed by atoms with van der Waals surface area (Å²) in [6.45, 7) is 1.23. The Kier molecular flexibility index (Phi) is 6.11. The van der Waals surface area contributed by atoms with Crippen LogP contribution in [0.2, 0.25) is 0 Å².